The molecule has 0 saturated carbocycles. The quantitative estimate of drug-likeness (QED) is 0.292. The molecule has 0 radical (unpaired) electrons. The first-order chi connectivity index (χ1) is 16.1. The molecule has 11 heteroatoms. The van der Waals surface area contributed by atoms with E-state index in [0.717, 1.165) is 28.9 Å². The maximum atomic E-state index is 12.5. The first-order valence-corrected chi connectivity index (χ1v) is 11.6. The number of para-hydroxylation sites is 1. The number of aromatic amines is 1. The van der Waals surface area contributed by atoms with Gasteiger partial charge in [0.1, 0.15) is 17.2 Å². The first kappa shape index (κ1) is 21.1. The number of H-pyrrole nitrogens is 1. The molecule has 168 valence electrons. The second-order valence-electron chi connectivity index (χ2n) is 7.62. The maximum absolute atomic E-state index is 12.5. The van der Waals surface area contributed by atoms with E-state index in [-0.39, 0.29) is 0 Å². The van der Waals surface area contributed by atoms with E-state index in [0.29, 0.717) is 34.9 Å². The van der Waals surface area contributed by atoms with Crippen LogP contribution in [0.2, 0.25) is 0 Å². The average molecular weight is 463 g/mol. The van der Waals surface area contributed by atoms with Crippen LogP contribution in [0.1, 0.15) is 25.6 Å². The number of nitrogens with one attached hydrogen (secondary N) is 1. The minimum absolute atomic E-state index is 0.394. The van der Waals surface area contributed by atoms with Gasteiger partial charge in [0.05, 0.1) is 23.0 Å². The van der Waals surface area contributed by atoms with Crippen molar-refractivity contribution in [3.05, 3.63) is 69.5 Å². The summed E-state index contributed by atoms with van der Waals surface area (Å²) in [7, 11) is 1.79. The van der Waals surface area contributed by atoms with Crippen LogP contribution in [0, 0.1) is 0 Å². The fourth-order valence-corrected chi connectivity index (χ4v) is 4.72. The molecule has 10 nitrogen and oxygen atoms in total. The minimum atomic E-state index is -0.428. The highest BCUT2D eigenvalue weighted by Gasteiger charge is 2.18. The predicted molar refractivity (Wildman–Crippen MR) is 127 cm³/mol. The van der Waals surface area contributed by atoms with Gasteiger partial charge < -0.3 is 4.57 Å². The van der Waals surface area contributed by atoms with Gasteiger partial charge in [-0.05, 0) is 18.6 Å². The van der Waals surface area contributed by atoms with E-state index >= 15 is 0 Å². The zero-order valence-electron chi connectivity index (χ0n) is 18.2. The Labute approximate surface area is 192 Å². The molecule has 0 aliphatic heterocycles. The highest BCUT2D eigenvalue weighted by Crippen LogP contribution is 2.28. The number of imidazole rings is 1. The van der Waals surface area contributed by atoms with Crippen molar-refractivity contribution >= 4 is 34.0 Å². The minimum Gasteiger partial charge on any atom is -0.325 e. The van der Waals surface area contributed by atoms with Crippen molar-refractivity contribution in [2.45, 2.75) is 37.1 Å². The Morgan fingerprint density at radius 2 is 1.91 bits per heavy atom. The van der Waals surface area contributed by atoms with Crippen LogP contribution in [0.3, 0.4) is 0 Å². The maximum Gasteiger partial charge on any atom is 0.330 e. The number of thioether (sulfide) groups is 1. The van der Waals surface area contributed by atoms with E-state index in [1.807, 2.05) is 30.3 Å². The molecule has 0 spiro atoms. The Hall–Kier alpha value is -3.73. The van der Waals surface area contributed by atoms with Crippen molar-refractivity contribution in [3.63, 3.8) is 0 Å². The summed E-state index contributed by atoms with van der Waals surface area (Å²) in [4.78, 5) is 40.8. The molecular formula is C22H22N8O2S. The van der Waals surface area contributed by atoms with E-state index in [9.17, 15) is 9.59 Å². The fourth-order valence-electron chi connectivity index (χ4n) is 3.77. The van der Waals surface area contributed by atoms with Crippen LogP contribution in [0.15, 0.2) is 57.5 Å². The summed E-state index contributed by atoms with van der Waals surface area (Å²) >= 11 is 1.49. The van der Waals surface area contributed by atoms with Gasteiger partial charge in [0.15, 0.2) is 16.8 Å². The number of hydrogen-bond acceptors (Lipinski definition) is 7. The standard InChI is InChI=1S/C22H22N8O2S/c1-3-4-10-29-19-17(20(31)27-22(29)32)28(2)16(26-19)12-33-21-15-11-25-30(18(15)23-13-24-21)14-8-6-5-7-9-14/h5-9,11,13H,3-4,10,12H2,1-2H3,(H,27,31,32). The van der Waals surface area contributed by atoms with Gasteiger partial charge in [-0.3, -0.25) is 14.3 Å². The number of benzene rings is 1. The van der Waals surface area contributed by atoms with Gasteiger partial charge in [0, 0.05) is 13.6 Å². The predicted octanol–water partition coefficient (Wildman–Crippen LogP) is 2.64. The summed E-state index contributed by atoms with van der Waals surface area (Å²) in [6.45, 7) is 2.56. The lowest BCUT2D eigenvalue weighted by molar-refractivity contribution is 0.613. The molecule has 5 aromatic rings. The van der Waals surface area contributed by atoms with Gasteiger partial charge in [0.2, 0.25) is 0 Å². The molecule has 33 heavy (non-hydrogen) atoms. The van der Waals surface area contributed by atoms with Crippen LogP contribution < -0.4 is 11.2 Å². The van der Waals surface area contributed by atoms with Crippen LogP contribution in [0.4, 0.5) is 0 Å². The third kappa shape index (κ3) is 3.74. The fraction of sp³-hybridized carbons (Fsp3) is 0.273. The highest BCUT2D eigenvalue weighted by atomic mass is 32.2. The Balaban J connectivity index is 1.50. The van der Waals surface area contributed by atoms with Gasteiger partial charge in [-0.25, -0.2) is 24.4 Å². The molecule has 0 amide bonds. The van der Waals surface area contributed by atoms with Crippen molar-refractivity contribution in [2.75, 3.05) is 0 Å². The zero-order chi connectivity index (χ0) is 22.9. The van der Waals surface area contributed by atoms with Crippen molar-refractivity contribution in [1.82, 2.24) is 38.9 Å². The molecule has 0 unspecified atom stereocenters. The lowest BCUT2D eigenvalue weighted by Crippen LogP contribution is -2.31. The molecule has 0 bridgehead atoms. The second kappa shape index (κ2) is 8.66. The molecule has 0 saturated heterocycles. The lowest BCUT2D eigenvalue weighted by Gasteiger charge is -2.05. The molecule has 1 aromatic carbocycles. The number of aryl methyl sites for hydroxylation is 2. The average Bonchev–Trinajstić information content (AvgIpc) is 3.40. The van der Waals surface area contributed by atoms with Gasteiger partial charge in [-0.1, -0.05) is 43.3 Å². The second-order valence-corrected chi connectivity index (χ2v) is 8.58. The van der Waals surface area contributed by atoms with Crippen LogP contribution in [0.25, 0.3) is 27.9 Å². The first-order valence-electron chi connectivity index (χ1n) is 10.6. The Kier molecular flexibility index (Phi) is 5.55. The van der Waals surface area contributed by atoms with E-state index in [2.05, 4.69) is 32.0 Å². The molecule has 0 fully saturated rings. The largest absolute Gasteiger partial charge is 0.330 e. The molecular weight excluding hydrogens is 440 g/mol. The number of nitrogens with zero attached hydrogens (tertiary/aromatic N) is 7. The van der Waals surface area contributed by atoms with Gasteiger partial charge >= 0.3 is 5.69 Å². The number of aromatic nitrogens is 8. The number of fused-ring (bicyclic) bond motifs is 2. The number of unbranched alkanes of at least 4 members (excludes halogenated alkanes) is 1. The van der Waals surface area contributed by atoms with Crippen molar-refractivity contribution in [3.8, 4) is 5.69 Å². The molecule has 1 N–H and O–H groups in total. The normalized spacial score (nSPS) is 11.6. The SMILES string of the molecule is CCCCn1c(=O)[nH]c(=O)c2c1nc(CSc1ncnc3c1cnn3-c1ccccc1)n2C. The summed E-state index contributed by atoms with van der Waals surface area (Å²) in [5, 5.41) is 6.10. The van der Waals surface area contributed by atoms with Crippen molar-refractivity contribution in [1.29, 1.82) is 0 Å². The smallest absolute Gasteiger partial charge is 0.325 e. The van der Waals surface area contributed by atoms with Gasteiger partial charge in [-0.15, -0.1) is 0 Å². The van der Waals surface area contributed by atoms with E-state index < -0.39 is 11.2 Å². The Morgan fingerprint density at radius 3 is 2.70 bits per heavy atom. The van der Waals surface area contributed by atoms with Crippen molar-refractivity contribution in [2.24, 2.45) is 7.05 Å². The summed E-state index contributed by atoms with van der Waals surface area (Å²) in [6.07, 6.45) is 5.04. The topological polar surface area (TPSA) is 116 Å². The summed E-state index contributed by atoms with van der Waals surface area (Å²) < 4.78 is 5.07. The molecule has 0 atom stereocenters. The number of rotatable bonds is 7. The molecule has 4 aromatic heterocycles. The van der Waals surface area contributed by atoms with E-state index in [4.69, 9.17) is 0 Å². The molecule has 0 aliphatic carbocycles. The monoisotopic (exact) mass is 462 g/mol. The van der Waals surface area contributed by atoms with Crippen LogP contribution in [0.5, 0.6) is 0 Å². The van der Waals surface area contributed by atoms with Gasteiger partial charge in [0.25, 0.3) is 5.56 Å². The molecule has 5 rings (SSSR count). The highest BCUT2D eigenvalue weighted by molar-refractivity contribution is 7.98. The third-order valence-electron chi connectivity index (χ3n) is 5.51. The number of hydrogen-bond donors (Lipinski definition) is 1. The molecule has 4 heterocycles. The summed E-state index contributed by atoms with van der Waals surface area (Å²) in [5.41, 5.74) is 1.59. The van der Waals surface area contributed by atoms with Crippen LogP contribution in [-0.4, -0.2) is 38.9 Å². The molecule has 0 aliphatic rings. The van der Waals surface area contributed by atoms with Gasteiger partial charge in [-0.2, -0.15) is 5.10 Å². The summed E-state index contributed by atoms with van der Waals surface area (Å²) in [5.74, 6) is 1.15. The Bertz CT molecular complexity index is 1560. The van der Waals surface area contributed by atoms with E-state index in [1.54, 1.807) is 27.1 Å². The Morgan fingerprint density at radius 1 is 1.09 bits per heavy atom. The van der Waals surface area contributed by atoms with Crippen molar-refractivity contribution < 1.29 is 0 Å². The van der Waals surface area contributed by atoms with Crippen LogP contribution >= 0.6 is 11.8 Å². The third-order valence-corrected chi connectivity index (χ3v) is 6.51. The lowest BCUT2D eigenvalue weighted by atomic mass is 10.3. The zero-order valence-corrected chi connectivity index (χ0v) is 19.0. The van der Waals surface area contributed by atoms with E-state index in [1.165, 1.54) is 18.1 Å². The van der Waals surface area contributed by atoms with Crippen LogP contribution in [-0.2, 0) is 19.3 Å². The summed E-state index contributed by atoms with van der Waals surface area (Å²) in [6, 6.07) is 9.79.